The van der Waals surface area contributed by atoms with Crippen molar-refractivity contribution in [3.8, 4) is 0 Å². The molecule has 0 saturated carbocycles. The summed E-state index contributed by atoms with van der Waals surface area (Å²) in [4.78, 5) is 28.4. The number of thioether (sulfide) groups is 1. The summed E-state index contributed by atoms with van der Waals surface area (Å²) in [6.07, 6.45) is 2.95. The van der Waals surface area contributed by atoms with Crippen LogP contribution in [0.1, 0.15) is 5.56 Å². The number of carbonyl (C=O) groups excluding carboxylic acids is 1. The fourth-order valence-corrected chi connectivity index (χ4v) is 3.01. The third-order valence-electron chi connectivity index (χ3n) is 3.06. The average molecular weight is 292 g/mol. The number of aromatic nitrogens is 3. The van der Waals surface area contributed by atoms with Crippen LogP contribution in [0.3, 0.4) is 0 Å². The Bertz CT molecular complexity index is 695. The predicted octanol–water partition coefficient (Wildman–Crippen LogP) is 0.900. The van der Waals surface area contributed by atoms with E-state index in [-0.39, 0.29) is 17.4 Å². The van der Waals surface area contributed by atoms with E-state index in [4.69, 9.17) is 0 Å². The molecule has 2 aromatic rings. The number of nitrogens with zero attached hydrogens (tertiary/aromatic N) is 3. The van der Waals surface area contributed by atoms with Crippen LogP contribution in [0.5, 0.6) is 0 Å². The quantitative estimate of drug-likeness (QED) is 0.827. The fourth-order valence-electron chi connectivity index (χ4n) is 1.97. The molecule has 1 aliphatic rings. The molecule has 3 rings (SSSR count). The molecule has 0 spiro atoms. The zero-order valence-electron chi connectivity index (χ0n) is 10.7. The molecule has 0 aromatic carbocycles. The van der Waals surface area contributed by atoms with Crippen molar-refractivity contribution in [3.05, 3.63) is 34.4 Å². The topological polar surface area (TPSA) is 90.0 Å². The lowest BCUT2D eigenvalue weighted by atomic mass is 10.1. The molecule has 104 valence electrons. The number of carbonyl (C=O) groups is 1. The fraction of sp³-hybridized carbons (Fsp3) is 0.333. The third-order valence-corrected chi connectivity index (χ3v) is 4.21. The largest absolute Gasteiger partial charge is 0.363 e. The lowest BCUT2D eigenvalue weighted by Gasteiger charge is -2.23. The number of fused-ring (bicyclic) bond motifs is 1. The monoisotopic (exact) mass is 292 g/mol. The van der Waals surface area contributed by atoms with Gasteiger partial charge < -0.3 is 9.84 Å². The molecule has 0 saturated heterocycles. The minimum Gasteiger partial charge on any atom is -0.363 e. The van der Waals surface area contributed by atoms with Gasteiger partial charge in [-0.05, 0) is 6.92 Å². The van der Waals surface area contributed by atoms with Gasteiger partial charge >= 0.3 is 0 Å². The molecule has 1 N–H and O–H groups in total. The van der Waals surface area contributed by atoms with Crippen LogP contribution in [-0.2, 0) is 11.3 Å². The predicted molar refractivity (Wildman–Crippen MR) is 72.6 cm³/mol. The maximum absolute atomic E-state index is 12.1. The van der Waals surface area contributed by atoms with Gasteiger partial charge in [0.25, 0.3) is 5.56 Å². The van der Waals surface area contributed by atoms with E-state index in [2.05, 4.69) is 20.0 Å². The first-order valence-electron chi connectivity index (χ1n) is 6.05. The number of amides is 1. The summed E-state index contributed by atoms with van der Waals surface area (Å²) in [6.45, 7) is 2.05. The van der Waals surface area contributed by atoms with Crippen LogP contribution in [0.2, 0.25) is 0 Å². The lowest BCUT2D eigenvalue weighted by molar-refractivity contribution is -0.119. The van der Waals surface area contributed by atoms with E-state index in [1.807, 2.05) is 0 Å². The normalized spacial score (nSPS) is 17.6. The molecule has 0 unspecified atom stereocenters. The molecule has 1 amide bonds. The van der Waals surface area contributed by atoms with Crippen LogP contribution in [0.4, 0.5) is 5.82 Å². The van der Waals surface area contributed by atoms with Gasteiger partial charge in [-0.1, -0.05) is 16.9 Å². The standard InChI is InChI=1S/C12H12N4O3S/c1-7-4-13-12-16(11(7)18)5-8(6-20-12)10(17)14-9-2-3-19-15-9/h2-4,8H,5-6H2,1H3,(H,14,15,17)/t8-/m1/s1. The Morgan fingerprint density at radius 2 is 2.45 bits per heavy atom. The maximum Gasteiger partial charge on any atom is 0.257 e. The minimum atomic E-state index is -0.300. The average Bonchev–Trinajstić information content (AvgIpc) is 2.95. The molecule has 0 radical (unpaired) electrons. The Hall–Kier alpha value is -2.09. The number of anilines is 1. The van der Waals surface area contributed by atoms with Gasteiger partial charge in [-0.15, -0.1) is 0 Å². The van der Waals surface area contributed by atoms with Crippen LogP contribution in [0, 0.1) is 12.8 Å². The van der Waals surface area contributed by atoms with Gasteiger partial charge in [0.05, 0.1) is 5.92 Å². The zero-order valence-corrected chi connectivity index (χ0v) is 11.5. The summed E-state index contributed by atoms with van der Waals surface area (Å²) in [5.41, 5.74) is 0.480. The number of aryl methyl sites for hydroxylation is 1. The highest BCUT2D eigenvalue weighted by Crippen LogP contribution is 2.25. The second-order valence-corrected chi connectivity index (χ2v) is 5.51. The van der Waals surface area contributed by atoms with Crippen LogP contribution >= 0.6 is 11.8 Å². The summed E-state index contributed by atoms with van der Waals surface area (Å²) >= 11 is 1.41. The minimum absolute atomic E-state index is 0.0959. The smallest absolute Gasteiger partial charge is 0.257 e. The Balaban J connectivity index is 1.80. The van der Waals surface area contributed by atoms with E-state index in [0.29, 0.717) is 28.8 Å². The van der Waals surface area contributed by atoms with Gasteiger partial charge in [0.15, 0.2) is 11.0 Å². The van der Waals surface area contributed by atoms with Crippen molar-refractivity contribution in [2.45, 2.75) is 18.6 Å². The summed E-state index contributed by atoms with van der Waals surface area (Å²) in [5, 5.41) is 6.95. The highest BCUT2D eigenvalue weighted by molar-refractivity contribution is 7.99. The molecular weight excluding hydrogens is 280 g/mol. The van der Waals surface area contributed by atoms with Gasteiger partial charge in [-0.25, -0.2) is 4.98 Å². The Morgan fingerprint density at radius 3 is 3.20 bits per heavy atom. The molecule has 2 aromatic heterocycles. The number of nitrogens with one attached hydrogen (secondary N) is 1. The van der Waals surface area contributed by atoms with E-state index in [9.17, 15) is 9.59 Å². The highest BCUT2D eigenvalue weighted by atomic mass is 32.2. The summed E-state index contributed by atoms with van der Waals surface area (Å²) < 4.78 is 6.21. The summed E-state index contributed by atoms with van der Waals surface area (Å²) in [7, 11) is 0. The Morgan fingerprint density at radius 1 is 1.60 bits per heavy atom. The second kappa shape index (κ2) is 5.12. The molecule has 1 atom stereocenters. The number of hydrogen-bond acceptors (Lipinski definition) is 6. The first-order valence-corrected chi connectivity index (χ1v) is 7.04. The molecule has 8 heteroatoms. The van der Waals surface area contributed by atoms with Crippen molar-refractivity contribution in [1.82, 2.24) is 14.7 Å². The number of rotatable bonds is 2. The lowest BCUT2D eigenvalue weighted by Crippen LogP contribution is -2.37. The molecule has 0 bridgehead atoms. The second-order valence-electron chi connectivity index (χ2n) is 4.52. The van der Waals surface area contributed by atoms with E-state index in [1.54, 1.807) is 23.8 Å². The van der Waals surface area contributed by atoms with Crippen LogP contribution in [0.15, 0.2) is 33.0 Å². The molecule has 7 nitrogen and oxygen atoms in total. The van der Waals surface area contributed by atoms with Crippen molar-refractivity contribution in [2.75, 3.05) is 11.1 Å². The van der Waals surface area contributed by atoms with Gasteiger partial charge in [-0.3, -0.25) is 14.2 Å². The molecule has 1 aliphatic heterocycles. The van der Waals surface area contributed by atoms with Gasteiger partial charge in [-0.2, -0.15) is 0 Å². The van der Waals surface area contributed by atoms with Crippen LogP contribution in [-0.4, -0.2) is 26.4 Å². The van der Waals surface area contributed by atoms with Crippen molar-refractivity contribution in [2.24, 2.45) is 5.92 Å². The van der Waals surface area contributed by atoms with E-state index >= 15 is 0 Å². The summed E-state index contributed by atoms with van der Waals surface area (Å²) in [5.74, 6) is 0.482. The van der Waals surface area contributed by atoms with Gasteiger partial charge in [0.2, 0.25) is 5.91 Å². The molecular formula is C12H12N4O3S. The van der Waals surface area contributed by atoms with Crippen LogP contribution in [0.25, 0.3) is 0 Å². The Kier molecular flexibility index (Phi) is 3.31. The van der Waals surface area contributed by atoms with Gasteiger partial charge in [0, 0.05) is 30.1 Å². The number of hydrogen-bond donors (Lipinski definition) is 1. The summed E-state index contributed by atoms with van der Waals surface area (Å²) in [6, 6.07) is 1.57. The third kappa shape index (κ3) is 2.34. The first kappa shape index (κ1) is 12.9. The van der Waals surface area contributed by atoms with Crippen molar-refractivity contribution in [3.63, 3.8) is 0 Å². The molecule has 0 fully saturated rings. The van der Waals surface area contributed by atoms with E-state index in [1.165, 1.54) is 18.0 Å². The molecule has 20 heavy (non-hydrogen) atoms. The molecule has 3 heterocycles. The highest BCUT2D eigenvalue weighted by Gasteiger charge is 2.27. The Labute approximate surface area is 118 Å². The first-order chi connectivity index (χ1) is 9.65. The van der Waals surface area contributed by atoms with E-state index in [0.717, 1.165) is 0 Å². The molecule has 0 aliphatic carbocycles. The van der Waals surface area contributed by atoms with Crippen molar-refractivity contribution < 1.29 is 9.32 Å². The van der Waals surface area contributed by atoms with Gasteiger partial charge in [0.1, 0.15) is 6.26 Å². The maximum atomic E-state index is 12.1. The van der Waals surface area contributed by atoms with E-state index < -0.39 is 0 Å². The SMILES string of the molecule is Cc1cnc2n(c1=O)C[C@@H](C(=O)Nc1ccon1)CS2. The van der Waals surface area contributed by atoms with Crippen molar-refractivity contribution >= 4 is 23.5 Å². The zero-order chi connectivity index (χ0) is 14.1. The van der Waals surface area contributed by atoms with Crippen molar-refractivity contribution in [1.29, 1.82) is 0 Å². The van der Waals surface area contributed by atoms with Crippen LogP contribution < -0.4 is 10.9 Å².